The number of aromatic nitrogens is 5. The lowest BCUT2D eigenvalue weighted by Gasteiger charge is -2.31. The fourth-order valence-corrected chi connectivity index (χ4v) is 6.23. The number of hydrogen-bond donors (Lipinski definition) is 3. The zero-order chi connectivity index (χ0) is 31.1. The number of nitrogens with zero attached hydrogens (tertiary/aromatic N) is 5. The van der Waals surface area contributed by atoms with E-state index in [4.69, 9.17) is 26.4 Å². The number of fused-ring (bicyclic) bond motifs is 8. The molecule has 0 amide bonds. The van der Waals surface area contributed by atoms with E-state index in [2.05, 4.69) is 49.0 Å². The molecule has 3 aromatic heterocycles. The quantitative estimate of drug-likeness (QED) is 0.204. The Bertz CT molecular complexity index is 1780. The predicted molar refractivity (Wildman–Crippen MR) is 171 cm³/mol. The van der Waals surface area contributed by atoms with Crippen LogP contribution in [0.3, 0.4) is 0 Å². The molecule has 0 fully saturated rings. The van der Waals surface area contributed by atoms with E-state index in [1.54, 1.807) is 35.4 Å². The molecule has 0 saturated carbocycles. The second-order valence-corrected chi connectivity index (χ2v) is 12.8. The lowest BCUT2D eigenvalue weighted by atomic mass is 9.74. The van der Waals surface area contributed by atoms with Crippen molar-refractivity contribution in [3.63, 3.8) is 0 Å². The smallest absolute Gasteiger partial charge is 0.176 e. The summed E-state index contributed by atoms with van der Waals surface area (Å²) >= 11 is 0. The van der Waals surface area contributed by atoms with Crippen molar-refractivity contribution in [1.29, 1.82) is 0 Å². The van der Waals surface area contributed by atoms with Gasteiger partial charge in [-0.05, 0) is 50.3 Å². The van der Waals surface area contributed by atoms with Gasteiger partial charge in [0.25, 0.3) is 0 Å². The topological polar surface area (TPSA) is 124 Å². The molecule has 10 heteroatoms. The first-order chi connectivity index (χ1) is 21.0. The van der Waals surface area contributed by atoms with E-state index < -0.39 is 5.82 Å². The fourth-order valence-electron chi connectivity index (χ4n) is 6.23. The molecule has 1 aromatic carbocycles. The van der Waals surface area contributed by atoms with Gasteiger partial charge in [-0.25, -0.2) is 19.9 Å². The number of aryl methyl sites for hydroxylation is 1. The van der Waals surface area contributed by atoms with E-state index in [-0.39, 0.29) is 23.1 Å². The summed E-state index contributed by atoms with van der Waals surface area (Å²) in [5.41, 5.74) is 9.71. The lowest BCUT2D eigenvalue weighted by molar-refractivity contribution is 0.332. The lowest BCUT2D eigenvalue weighted by Crippen LogP contribution is -2.30. The van der Waals surface area contributed by atoms with Gasteiger partial charge in [0.2, 0.25) is 0 Å². The Kier molecular flexibility index (Phi) is 7.79. The van der Waals surface area contributed by atoms with Gasteiger partial charge < -0.3 is 20.5 Å². The molecule has 9 nitrogen and oxygen atoms in total. The third kappa shape index (κ3) is 5.61. The summed E-state index contributed by atoms with van der Waals surface area (Å²) in [5, 5.41) is 7.25. The van der Waals surface area contributed by atoms with E-state index >= 15 is 4.39 Å². The maximum Gasteiger partial charge on any atom is 0.176 e. The largest absolute Gasteiger partial charge is 0.454 e. The number of halogens is 1. The van der Waals surface area contributed by atoms with Crippen molar-refractivity contribution in [2.24, 2.45) is 24.0 Å². The number of nitrogens with two attached hydrogens (primary N) is 2. The maximum absolute atomic E-state index is 15.7. The number of ether oxygens (including phenoxy) is 1. The highest BCUT2D eigenvalue weighted by Gasteiger charge is 2.35. The summed E-state index contributed by atoms with van der Waals surface area (Å²) in [7, 11) is 1.88. The summed E-state index contributed by atoms with van der Waals surface area (Å²) in [5.74, 6) is 7.89. The Morgan fingerprint density at radius 2 is 1.91 bits per heavy atom. The molecule has 4 aromatic rings. The Hall–Kier alpha value is -4.44. The van der Waals surface area contributed by atoms with Gasteiger partial charge in [0, 0.05) is 65.4 Å². The first kappa shape index (κ1) is 29.6. The molecule has 5 N–H and O–H groups in total. The minimum absolute atomic E-state index is 0.0936. The van der Waals surface area contributed by atoms with Gasteiger partial charge in [-0.1, -0.05) is 44.9 Å². The molecular formula is C34H41FN8O. The minimum Gasteiger partial charge on any atom is -0.454 e. The Labute approximate surface area is 257 Å². The number of benzene rings is 1. The van der Waals surface area contributed by atoms with Gasteiger partial charge in [-0.3, -0.25) is 4.98 Å². The zero-order valence-electron chi connectivity index (χ0n) is 25.9. The van der Waals surface area contributed by atoms with Gasteiger partial charge in [0.05, 0.1) is 12.0 Å². The van der Waals surface area contributed by atoms with Crippen molar-refractivity contribution in [3.8, 4) is 23.0 Å². The molecule has 4 bridgehead atoms. The number of rotatable bonds is 1. The summed E-state index contributed by atoms with van der Waals surface area (Å²) in [6.45, 7) is 6.68. The van der Waals surface area contributed by atoms with E-state index in [0.29, 0.717) is 34.0 Å². The molecule has 0 spiro atoms. The number of allylic oxidation sites excluding steroid dienone is 5. The average Bonchev–Trinajstić information content (AvgIpc) is 3.64. The van der Waals surface area contributed by atoms with Crippen molar-refractivity contribution in [2.45, 2.75) is 71.3 Å². The Morgan fingerprint density at radius 3 is 2.70 bits per heavy atom. The number of nitrogens with one attached hydrogen (secondary N) is 1. The van der Waals surface area contributed by atoms with Crippen molar-refractivity contribution in [2.75, 3.05) is 0 Å². The van der Waals surface area contributed by atoms with Gasteiger partial charge in [-0.2, -0.15) is 5.10 Å². The van der Waals surface area contributed by atoms with Crippen LogP contribution >= 0.6 is 0 Å². The summed E-state index contributed by atoms with van der Waals surface area (Å²) < 4.78 is 23.7. The zero-order valence-corrected chi connectivity index (χ0v) is 25.9. The van der Waals surface area contributed by atoms with Crippen molar-refractivity contribution in [1.82, 2.24) is 29.7 Å². The van der Waals surface area contributed by atoms with Crippen molar-refractivity contribution >= 4 is 10.9 Å². The number of H-pyrrole nitrogens is 1. The predicted octanol–water partition coefficient (Wildman–Crippen LogP) is 6.90. The summed E-state index contributed by atoms with van der Waals surface area (Å²) in [6.07, 6.45) is 17.7. The van der Waals surface area contributed by atoms with Crippen LogP contribution < -0.4 is 16.3 Å². The molecule has 4 heterocycles. The van der Waals surface area contributed by atoms with E-state index in [0.717, 1.165) is 49.7 Å². The van der Waals surface area contributed by atoms with Gasteiger partial charge in [0.1, 0.15) is 11.4 Å². The van der Waals surface area contributed by atoms with Crippen LogP contribution in [0.4, 0.5) is 4.39 Å². The molecule has 0 unspecified atom stereocenters. The molecular weight excluding hydrogens is 555 g/mol. The second-order valence-electron chi connectivity index (χ2n) is 12.8. The van der Waals surface area contributed by atoms with Gasteiger partial charge in [-0.15, -0.1) is 0 Å². The van der Waals surface area contributed by atoms with Crippen LogP contribution in [0.15, 0.2) is 72.4 Å². The van der Waals surface area contributed by atoms with E-state index in [9.17, 15) is 0 Å². The highest BCUT2D eigenvalue weighted by molar-refractivity contribution is 5.85. The van der Waals surface area contributed by atoms with Crippen LogP contribution in [-0.2, 0) is 19.0 Å². The third-order valence-electron chi connectivity index (χ3n) is 9.09. The third-order valence-corrected chi connectivity index (χ3v) is 9.09. The highest BCUT2D eigenvalue weighted by atomic mass is 19.1. The molecule has 2 aliphatic rings. The number of hydrazine groups is 1. The molecule has 0 radical (unpaired) electrons. The van der Waals surface area contributed by atoms with Gasteiger partial charge in [0.15, 0.2) is 23.2 Å². The monoisotopic (exact) mass is 596 g/mol. The minimum atomic E-state index is -0.504. The van der Waals surface area contributed by atoms with Crippen LogP contribution in [0.5, 0.6) is 11.5 Å². The first-order valence-corrected chi connectivity index (χ1v) is 15.3. The van der Waals surface area contributed by atoms with Gasteiger partial charge >= 0.3 is 0 Å². The Balaban J connectivity index is 1.48. The van der Waals surface area contributed by atoms with E-state index in [1.165, 1.54) is 16.6 Å². The number of hydrogen-bond acceptors (Lipinski definition) is 7. The van der Waals surface area contributed by atoms with Crippen LogP contribution in [0, 0.1) is 11.2 Å². The SMILES string of the molecule is Cn1nc2nc1-c1cc(ccn1)Oc1c(F)cc3[nH]ccc3c1CN(N)/C=C(\N)C(C)(C)CCCC[C@]2(C)C1=CCCC=C1. The normalized spacial score (nSPS) is 22.2. The van der Waals surface area contributed by atoms with E-state index in [1.807, 2.05) is 13.1 Å². The van der Waals surface area contributed by atoms with Crippen LogP contribution in [0.25, 0.3) is 22.4 Å². The summed E-state index contributed by atoms with van der Waals surface area (Å²) in [6, 6.07) is 6.80. The maximum atomic E-state index is 15.7. The number of pyridine rings is 1. The molecule has 1 aliphatic carbocycles. The van der Waals surface area contributed by atoms with Crippen LogP contribution in [0.2, 0.25) is 0 Å². The standard InChI is InChI=1S/C34H41FN8O/c1-33(2)14-8-9-15-34(3,22-10-6-5-7-11-22)32-40-31(42(4)41-32)28-18-23(12-16-39-28)44-30-25(20-43(37)21-29(33)36)24-13-17-38-27(24)19-26(30)35/h6,10-13,16-19,21,38H,5,7-9,14-15,20,36-37H2,1-4H3/b29-21-/t34-/m1/s1. The van der Waals surface area contributed by atoms with Crippen LogP contribution in [0.1, 0.15) is 70.7 Å². The molecule has 44 heavy (non-hydrogen) atoms. The fraction of sp³-hybridized carbons (Fsp3) is 0.382. The molecule has 1 aliphatic heterocycles. The van der Waals surface area contributed by atoms with Crippen molar-refractivity contribution < 1.29 is 9.13 Å². The molecule has 230 valence electrons. The van der Waals surface area contributed by atoms with Crippen LogP contribution in [-0.4, -0.2) is 29.7 Å². The second kappa shape index (κ2) is 11.6. The molecule has 1 atom stereocenters. The number of aromatic amines is 1. The average molecular weight is 597 g/mol. The Morgan fingerprint density at radius 1 is 1.09 bits per heavy atom. The molecule has 0 saturated heterocycles. The van der Waals surface area contributed by atoms with Crippen molar-refractivity contribution in [3.05, 3.63) is 89.6 Å². The highest BCUT2D eigenvalue weighted by Crippen LogP contribution is 2.41. The first-order valence-electron chi connectivity index (χ1n) is 15.3. The summed E-state index contributed by atoms with van der Waals surface area (Å²) in [4.78, 5) is 12.8. The molecule has 6 rings (SSSR count).